The van der Waals surface area contributed by atoms with E-state index in [0.717, 1.165) is 5.56 Å². The summed E-state index contributed by atoms with van der Waals surface area (Å²) in [7, 11) is 1.28. The van der Waals surface area contributed by atoms with E-state index < -0.39 is 23.7 Å². The second-order valence-electron chi connectivity index (χ2n) is 9.27. The molecule has 3 heterocycles. The summed E-state index contributed by atoms with van der Waals surface area (Å²) in [4.78, 5) is 40.3. The Morgan fingerprint density at radius 1 is 1.00 bits per heavy atom. The Morgan fingerprint density at radius 2 is 1.71 bits per heavy atom. The van der Waals surface area contributed by atoms with Crippen molar-refractivity contribution in [1.29, 1.82) is 0 Å². The summed E-state index contributed by atoms with van der Waals surface area (Å²) >= 11 is 2.63. The number of aromatic nitrogens is 2. The number of ether oxygens (including phenoxy) is 3. The molecular formula is C30H23N3O7S2. The molecule has 1 amide bonds. The molecule has 0 bridgehead atoms. The predicted octanol–water partition coefficient (Wildman–Crippen LogP) is 5.01. The molecule has 1 atom stereocenters. The largest absolute Gasteiger partial charge is 0.507 e. The van der Waals surface area contributed by atoms with Gasteiger partial charge in [-0.05, 0) is 41.5 Å². The monoisotopic (exact) mass is 601 g/mol. The average molecular weight is 602 g/mol. The number of benzene rings is 3. The number of hydrogen-bond acceptors (Lipinski definition) is 11. The number of carbonyl (C=O) groups excluding carboxylic acids is 3. The molecule has 0 saturated carbocycles. The van der Waals surface area contributed by atoms with E-state index in [4.69, 9.17) is 14.2 Å². The van der Waals surface area contributed by atoms with E-state index in [0.29, 0.717) is 45.9 Å². The van der Waals surface area contributed by atoms with E-state index in [9.17, 15) is 19.5 Å². The average Bonchev–Trinajstić information content (AvgIpc) is 3.61. The molecule has 2 aliphatic rings. The summed E-state index contributed by atoms with van der Waals surface area (Å²) in [6.07, 6.45) is 0. The fraction of sp³-hybridized carbons (Fsp3) is 0.167. The highest BCUT2D eigenvalue weighted by molar-refractivity contribution is 8.00. The summed E-state index contributed by atoms with van der Waals surface area (Å²) in [6, 6.07) is 19.9. The van der Waals surface area contributed by atoms with Crippen LogP contribution in [-0.4, -0.2) is 53.3 Å². The van der Waals surface area contributed by atoms with Crippen LogP contribution >= 0.6 is 23.1 Å². The van der Waals surface area contributed by atoms with Gasteiger partial charge in [0.25, 0.3) is 5.78 Å². The van der Waals surface area contributed by atoms with Gasteiger partial charge in [0.1, 0.15) is 19.0 Å². The lowest BCUT2D eigenvalue weighted by Gasteiger charge is -2.23. The SMILES string of the molecule is COC(=O)c1ccc(C2C(=C(O)c3ccc4c(c3)OCCO4)C(=O)C(=O)N2c2nnc(SCc3ccccc3)s2)cc1. The zero-order valence-corrected chi connectivity index (χ0v) is 23.8. The number of thioether (sulfide) groups is 1. The number of esters is 1. The number of anilines is 1. The number of carbonyl (C=O) groups is 3. The Bertz CT molecular complexity index is 1700. The van der Waals surface area contributed by atoms with Gasteiger partial charge in [0.15, 0.2) is 15.8 Å². The van der Waals surface area contributed by atoms with E-state index in [1.54, 1.807) is 30.3 Å². The lowest BCUT2D eigenvalue weighted by molar-refractivity contribution is -0.132. The van der Waals surface area contributed by atoms with Crippen molar-refractivity contribution in [3.8, 4) is 11.5 Å². The molecule has 3 aromatic carbocycles. The van der Waals surface area contributed by atoms with Crippen molar-refractivity contribution in [2.75, 3.05) is 25.2 Å². The number of amides is 1. The zero-order chi connectivity index (χ0) is 29.2. The number of ketones is 1. The van der Waals surface area contributed by atoms with E-state index in [2.05, 4.69) is 10.2 Å². The third-order valence-corrected chi connectivity index (χ3v) is 8.84. The van der Waals surface area contributed by atoms with Gasteiger partial charge in [0, 0.05) is 11.3 Å². The summed E-state index contributed by atoms with van der Waals surface area (Å²) in [5, 5.41) is 20.2. The molecule has 42 heavy (non-hydrogen) atoms. The molecule has 1 N–H and O–H groups in total. The molecule has 1 saturated heterocycles. The molecule has 12 heteroatoms. The first kappa shape index (κ1) is 27.5. The number of fused-ring (bicyclic) bond motifs is 1. The van der Waals surface area contributed by atoms with Crippen LogP contribution in [0.5, 0.6) is 11.5 Å². The smallest absolute Gasteiger partial charge is 0.337 e. The van der Waals surface area contributed by atoms with Gasteiger partial charge in [0.2, 0.25) is 5.13 Å². The molecule has 0 radical (unpaired) electrons. The highest BCUT2D eigenvalue weighted by Gasteiger charge is 2.48. The van der Waals surface area contributed by atoms with Gasteiger partial charge in [-0.3, -0.25) is 14.5 Å². The maximum atomic E-state index is 13.5. The van der Waals surface area contributed by atoms with Crippen molar-refractivity contribution >= 4 is 51.6 Å². The van der Waals surface area contributed by atoms with Crippen LogP contribution in [0.25, 0.3) is 5.76 Å². The molecule has 1 aromatic heterocycles. The number of aliphatic hydroxyl groups excluding tert-OH is 1. The van der Waals surface area contributed by atoms with Gasteiger partial charge >= 0.3 is 11.9 Å². The first-order valence-corrected chi connectivity index (χ1v) is 14.6. The predicted molar refractivity (Wildman–Crippen MR) is 156 cm³/mol. The molecule has 1 fully saturated rings. The first-order valence-electron chi connectivity index (χ1n) is 12.8. The normalized spacial score (nSPS) is 17.4. The van der Waals surface area contributed by atoms with Crippen LogP contribution in [0.15, 0.2) is 82.7 Å². The second-order valence-corrected chi connectivity index (χ2v) is 11.4. The Kier molecular flexibility index (Phi) is 7.64. The van der Waals surface area contributed by atoms with Crippen molar-refractivity contribution in [3.05, 3.63) is 101 Å². The topological polar surface area (TPSA) is 128 Å². The molecular weight excluding hydrogens is 578 g/mol. The van der Waals surface area contributed by atoms with Crippen LogP contribution in [0.3, 0.4) is 0 Å². The molecule has 4 aromatic rings. The van der Waals surface area contributed by atoms with Crippen LogP contribution < -0.4 is 14.4 Å². The highest BCUT2D eigenvalue weighted by atomic mass is 32.2. The van der Waals surface area contributed by atoms with Crippen molar-refractivity contribution in [2.24, 2.45) is 0 Å². The Balaban J connectivity index is 1.41. The standard InChI is InChI=1S/C30H23N3O7S2/c1-38-28(37)19-9-7-18(8-10-19)24-23(25(34)20-11-12-21-22(15-20)40-14-13-39-21)26(35)27(36)33(24)29-31-32-30(42-29)41-16-17-5-3-2-4-6-17/h2-12,15,24,34H,13-14,16H2,1H3. The van der Waals surface area contributed by atoms with Crippen LogP contribution in [0.1, 0.15) is 33.1 Å². The van der Waals surface area contributed by atoms with E-state index in [1.807, 2.05) is 30.3 Å². The second kappa shape index (κ2) is 11.7. The molecule has 6 rings (SSSR count). The fourth-order valence-electron chi connectivity index (χ4n) is 4.69. The third kappa shape index (κ3) is 5.21. The van der Waals surface area contributed by atoms with E-state index >= 15 is 0 Å². The fourth-order valence-corrected chi connectivity index (χ4v) is 6.51. The minimum Gasteiger partial charge on any atom is -0.507 e. The van der Waals surface area contributed by atoms with Gasteiger partial charge < -0.3 is 19.3 Å². The van der Waals surface area contributed by atoms with E-state index in [1.165, 1.54) is 47.2 Å². The van der Waals surface area contributed by atoms with Crippen LogP contribution in [0, 0.1) is 0 Å². The van der Waals surface area contributed by atoms with Gasteiger partial charge in [-0.15, -0.1) is 10.2 Å². The number of rotatable bonds is 7. The highest BCUT2D eigenvalue weighted by Crippen LogP contribution is 2.45. The number of Topliss-reactive ketones (excluding diaryl/α,β-unsaturated/α-hetero) is 1. The quantitative estimate of drug-likeness (QED) is 0.0771. The summed E-state index contributed by atoms with van der Waals surface area (Å²) < 4.78 is 16.6. The minimum absolute atomic E-state index is 0.129. The van der Waals surface area contributed by atoms with Gasteiger partial charge in [-0.25, -0.2) is 4.79 Å². The minimum atomic E-state index is -1.04. The van der Waals surface area contributed by atoms with Crippen LogP contribution in [0.4, 0.5) is 5.13 Å². The third-order valence-electron chi connectivity index (χ3n) is 6.71. The number of methoxy groups -OCH3 is 1. The molecule has 0 spiro atoms. The maximum Gasteiger partial charge on any atom is 0.337 e. The summed E-state index contributed by atoms with van der Waals surface area (Å²) in [5.41, 5.74) is 2.03. The van der Waals surface area contributed by atoms with Gasteiger partial charge in [-0.2, -0.15) is 0 Å². The maximum absolute atomic E-state index is 13.5. The molecule has 1 unspecified atom stereocenters. The Labute approximate surface area is 248 Å². The van der Waals surface area contributed by atoms with Gasteiger partial charge in [0.05, 0.1) is 24.3 Å². The lowest BCUT2D eigenvalue weighted by Crippen LogP contribution is -2.29. The first-order chi connectivity index (χ1) is 20.4. The zero-order valence-electron chi connectivity index (χ0n) is 22.2. The number of nitrogens with zero attached hydrogens (tertiary/aromatic N) is 3. The van der Waals surface area contributed by atoms with E-state index in [-0.39, 0.29) is 22.0 Å². The van der Waals surface area contributed by atoms with Crippen molar-refractivity contribution in [1.82, 2.24) is 10.2 Å². The van der Waals surface area contributed by atoms with Crippen LogP contribution in [0.2, 0.25) is 0 Å². The molecule has 2 aliphatic heterocycles. The molecule has 212 valence electrons. The Morgan fingerprint density at radius 3 is 2.45 bits per heavy atom. The molecule has 0 aliphatic carbocycles. The van der Waals surface area contributed by atoms with Crippen molar-refractivity contribution < 1.29 is 33.7 Å². The summed E-state index contributed by atoms with van der Waals surface area (Å²) in [5.74, 6) is -1.05. The number of hydrogen-bond donors (Lipinski definition) is 1. The molecule has 10 nitrogen and oxygen atoms in total. The number of aliphatic hydroxyl groups is 1. The lowest BCUT2D eigenvalue weighted by atomic mass is 9.94. The summed E-state index contributed by atoms with van der Waals surface area (Å²) in [6.45, 7) is 0.744. The Hall–Kier alpha value is -4.68. The van der Waals surface area contributed by atoms with Crippen molar-refractivity contribution in [3.63, 3.8) is 0 Å². The van der Waals surface area contributed by atoms with Crippen LogP contribution in [-0.2, 0) is 20.1 Å². The van der Waals surface area contributed by atoms with Gasteiger partial charge in [-0.1, -0.05) is 65.6 Å². The van der Waals surface area contributed by atoms with Crippen molar-refractivity contribution in [2.45, 2.75) is 16.1 Å².